The van der Waals surface area contributed by atoms with E-state index in [1.807, 2.05) is 24.3 Å². The topological polar surface area (TPSA) is 81.1 Å². The minimum atomic E-state index is -0.385. The van der Waals surface area contributed by atoms with Gasteiger partial charge in [0, 0.05) is 36.1 Å². The van der Waals surface area contributed by atoms with Gasteiger partial charge in [0.25, 0.3) is 0 Å². The molecule has 1 unspecified atom stereocenters. The molecule has 2 atom stereocenters. The van der Waals surface area contributed by atoms with Crippen LogP contribution < -0.4 is 16.0 Å². The molecule has 1 aromatic carbocycles. The molecule has 0 radical (unpaired) electrons. The van der Waals surface area contributed by atoms with E-state index in [-0.39, 0.29) is 49.4 Å². The molecule has 0 bridgehead atoms. The molecule has 0 aliphatic carbocycles. The number of hydrogen-bond acceptors (Lipinski definition) is 5. The fraction of sp³-hybridized carbons (Fsp3) is 0.409. The Kier molecular flexibility index (Phi) is 9.76. The summed E-state index contributed by atoms with van der Waals surface area (Å²) in [5, 5.41) is 9.76. The number of nitrogens with one attached hydrogen (secondary N) is 3. The number of aliphatic imine (C=N–C) groups is 2. The number of amides is 2. The number of anilines is 1. The van der Waals surface area contributed by atoms with Gasteiger partial charge >= 0.3 is 37.1 Å². The maximum Gasteiger partial charge on any atom is 2.00 e. The Hall–Kier alpha value is -1.46. The molecule has 8 heteroatoms. The van der Waals surface area contributed by atoms with Gasteiger partial charge in [-0.3, -0.25) is 0 Å². The van der Waals surface area contributed by atoms with Crippen molar-refractivity contribution in [2.45, 2.75) is 38.9 Å². The molecule has 0 saturated heterocycles. The second kappa shape index (κ2) is 11.8. The van der Waals surface area contributed by atoms with Gasteiger partial charge in [-0.05, 0) is 49.7 Å². The van der Waals surface area contributed by atoms with E-state index in [4.69, 9.17) is 4.99 Å². The van der Waals surface area contributed by atoms with Crippen LogP contribution in [0, 0.1) is 45.0 Å². The summed E-state index contributed by atoms with van der Waals surface area (Å²) in [6.45, 7) is 14.6. The first-order valence-electron chi connectivity index (χ1n) is 10.1. The second-order valence-corrected chi connectivity index (χ2v) is 7.21. The number of carbonyl (C=O) groups is 1. The first-order chi connectivity index (χ1) is 14.0. The summed E-state index contributed by atoms with van der Waals surface area (Å²) in [7, 11) is 0. The predicted molar refractivity (Wildman–Crippen MR) is 119 cm³/mol. The molecule has 3 N–H and O–H groups in total. The summed E-state index contributed by atoms with van der Waals surface area (Å²) in [6.07, 6.45) is 3.29. The molecular formula is C22H30N6OU. The van der Waals surface area contributed by atoms with E-state index < -0.39 is 0 Å². The maximum atomic E-state index is 11.6. The van der Waals surface area contributed by atoms with Gasteiger partial charge in [-0.25, -0.2) is 14.8 Å². The van der Waals surface area contributed by atoms with Gasteiger partial charge in [0.2, 0.25) is 0 Å². The van der Waals surface area contributed by atoms with Crippen molar-refractivity contribution in [3.8, 4) is 0 Å². The number of benzene rings is 1. The SMILES string of the molecule is [CH2-]CN(C1N=C(c2ccc(NC(=O)N=CC)cc2)NC2=C1CCNCC2)[C@H]([CH2-])C.[U+2]. The fourth-order valence-electron chi connectivity index (χ4n) is 3.67. The van der Waals surface area contributed by atoms with Crippen LogP contribution in [0.5, 0.6) is 0 Å². The van der Waals surface area contributed by atoms with Crippen LogP contribution >= 0.6 is 0 Å². The molecule has 2 aliphatic heterocycles. The van der Waals surface area contributed by atoms with Crippen LogP contribution in [0.25, 0.3) is 0 Å². The monoisotopic (exact) mass is 632 g/mol. The Bertz CT molecular complexity index is 815. The Morgan fingerprint density at radius 1 is 1.37 bits per heavy atom. The van der Waals surface area contributed by atoms with Crippen LogP contribution in [0.15, 0.2) is 45.5 Å². The summed E-state index contributed by atoms with van der Waals surface area (Å²) in [6, 6.07) is 7.35. The van der Waals surface area contributed by atoms with Gasteiger partial charge < -0.3 is 34.7 Å². The Morgan fingerprint density at radius 3 is 2.70 bits per heavy atom. The molecule has 158 valence electrons. The quantitative estimate of drug-likeness (QED) is 0.345. The van der Waals surface area contributed by atoms with Crippen molar-refractivity contribution >= 4 is 23.8 Å². The summed E-state index contributed by atoms with van der Waals surface area (Å²) in [5.74, 6) is 0.833. The van der Waals surface area contributed by atoms with Crippen LogP contribution in [0.4, 0.5) is 10.5 Å². The van der Waals surface area contributed by atoms with Gasteiger partial charge in [-0.2, -0.15) is 0 Å². The number of nitrogens with zero attached hydrogens (tertiary/aromatic N) is 3. The van der Waals surface area contributed by atoms with Gasteiger partial charge in [-0.15, -0.1) is 12.6 Å². The first kappa shape index (κ1) is 24.8. The molecule has 0 fully saturated rings. The zero-order chi connectivity index (χ0) is 20.8. The fourth-order valence-corrected chi connectivity index (χ4v) is 3.67. The van der Waals surface area contributed by atoms with E-state index in [9.17, 15) is 4.79 Å². The predicted octanol–water partition coefficient (Wildman–Crippen LogP) is 2.98. The van der Waals surface area contributed by atoms with Crippen LogP contribution in [0.2, 0.25) is 0 Å². The van der Waals surface area contributed by atoms with Crippen molar-refractivity contribution in [1.29, 1.82) is 0 Å². The minimum absolute atomic E-state index is 0. The number of rotatable bonds is 5. The third-order valence-electron chi connectivity index (χ3n) is 5.14. The van der Waals surface area contributed by atoms with Crippen molar-refractivity contribution in [2.75, 3.05) is 25.0 Å². The number of hydrogen-bond donors (Lipinski definition) is 3. The number of amidine groups is 1. The molecule has 2 heterocycles. The zero-order valence-electron chi connectivity index (χ0n) is 17.7. The van der Waals surface area contributed by atoms with Gasteiger partial charge in [0.1, 0.15) is 12.0 Å². The van der Waals surface area contributed by atoms with E-state index in [0.29, 0.717) is 12.2 Å². The van der Waals surface area contributed by atoms with Crippen molar-refractivity contribution in [2.24, 2.45) is 9.98 Å². The second-order valence-electron chi connectivity index (χ2n) is 7.21. The average molecular weight is 633 g/mol. The molecule has 1 aromatic rings. The van der Waals surface area contributed by atoms with Gasteiger partial charge in [-0.1, -0.05) is 6.92 Å². The zero-order valence-corrected chi connectivity index (χ0v) is 21.9. The van der Waals surface area contributed by atoms with E-state index >= 15 is 0 Å². The van der Waals surface area contributed by atoms with Crippen LogP contribution in [-0.4, -0.2) is 54.8 Å². The van der Waals surface area contributed by atoms with Crippen LogP contribution in [-0.2, 0) is 0 Å². The minimum Gasteiger partial charge on any atom is -0.343 e. The van der Waals surface area contributed by atoms with Gasteiger partial charge in [0.05, 0.1) is 0 Å². The third kappa shape index (κ3) is 6.04. The van der Waals surface area contributed by atoms with Crippen LogP contribution in [0.3, 0.4) is 0 Å². The Labute approximate surface area is 203 Å². The normalized spacial score (nSPS) is 20.0. The standard InChI is InChI=1S/C22H30N6O.U/c1-5-24-22(29)25-17-9-7-16(8-10-17)20-26-19-12-14-23-13-11-18(19)21(27-20)28(6-2)15(3)4;/h5,7-10,15,21,23H,2-3,6,11-14H2,1,4H3,(H,25,29)(H,26,27);/q-2;+2/t15-,21?;/m1./s1. The molecule has 2 aliphatic rings. The summed E-state index contributed by atoms with van der Waals surface area (Å²) in [4.78, 5) is 22.6. The van der Waals surface area contributed by atoms with E-state index in [2.05, 4.69) is 46.6 Å². The third-order valence-corrected chi connectivity index (χ3v) is 5.14. The molecule has 0 aromatic heterocycles. The van der Waals surface area contributed by atoms with Gasteiger partial charge in [0.15, 0.2) is 0 Å². The van der Waals surface area contributed by atoms with Crippen molar-refractivity contribution < 1.29 is 35.9 Å². The smallest absolute Gasteiger partial charge is 0.343 e. The molecule has 2 amide bonds. The van der Waals surface area contributed by atoms with Crippen LogP contribution in [0.1, 0.15) is 32.3 Å². The summed E-state index contributed by atoms with van der Waals surface area (Å²) in [5.41, 5.74) is 4.22. The van der Waals surface area contributed by atoms with Crippen molar-refractivity contribution in [3.05, 3.63) is 54.9 Å². The maximum absolute atomic E-state index is 11.6. The largest absolute Gasteiger partial charge is 2.00 e. The van der Waals surface area contributed by atoms with E-state index in [1.54, 1.807) is 6.92 Å². The molecule has 30 heavy (non-hydrogen) atoms. The van der Waals surface area contributed by atoms with E-state index in [1.165, 1.54) is 17.5 Å². The summed E-state index contributed by atoms with van der Waals surface area (Å²) >= 11 is 0. The Balaban J connectivity index is 0.00000320. The van der Waals surface area contributed by atoms with Crippen molar-refractivity contribution in [1.82, 2.24) is 15.5 Å². The Morgan fingerprint density at radius 2 is 2.07 bits per heavy atom. The van der Waals surface area contributed by atoms with E-state index in [0.717, 1.165) is 37.3 Å². The molecule has 0 spiro atoms. The summed E-state index contributed by atoms with van der Waals surface area (Å²) < 4.78 is 0. The molecule has 0 saturated carbocycles. The number of carbonyl (C=O) groups excluding carboxylic acids is 1. The average Bonchev–Trinajstić information content (AvgIpc) is 2.94. The van der Waals surface area contributed by atoms with Crippen molar-refractivity contribution in [3.63, 3.8) is 0 Å². The first-order valence-corrected chi connectivity index (χ1v) is 10.1. The number of urea groups is 1. The molecule has 7 nitrogen and oxygen atoms in total. The molecule has 3 rings (SSSR count). The molecular weight excluding hydrogens is 602 g/mol.